The lowest BCUT2D eigenvalue weighted by Gasteiger charge is -2.32. The molecule has 0 atom stereocenters. The van der Waals surface area contributed by atoms with Gasteiger partial charge in [-0.15, -0.1) is 23.1 Å². The summed E-state index contributed by atoms with van der Waals surface area (Å²) in [7, 11) is 0. The van der Waals surface area contributed by atoms with Crippen molar-refractivity contribution in [3.8, 4) is 0 Å². The Labute approximate surface area is 183 Å². The van der Waals surface area contributed by atoms with E-state index < -0.39 is 0 Å². The van der Waals surface area contributed by atoms with Gasteiger partial charge in [-0.1, -0.05) is 24.3 Å². The second-order valence-corrected chi connectivity index (χ2v) is 10.2. The Hall–Kier alpha value is -2.25. The Balaban J connectivity index is 1.28. The molecule has 1 aromatic carbocycles. The zero-order valence-electron chi connectivity index (χ0n) is 16.6. The molecule has 156 valence electrons. The Morgan fingerprint density at radius 1 is 1.10 bits per heavy atom. The molecule has 1 aliphatic heterocycles. The summed E-state index contributed by atoms with van der Waals surface area (Å²) in [5.74, 6) is 1.51. The first-order valence-electron chi connectivity index (χ1n) is 10.5. The van der Waals surface area contributed by atoms with Crippen molar-refractivity contribution in [3.63, 3.8) is 0 Å². The molecule has 2 amide bonds. The third-order valence-corrected chi connectivity index (χ3v) is 7.98. The SMILES string of the molecule is O=C(NC1CCN(C(=O)C2CC2)CC1)c1oc2ccccc2c1CSc1cccs1. The first-order valence-corrected chi connectivity index (χ1v) is 12.3. The van der Waals surface area contributed by atoms with Crippen LogP contribution in [-0.2, 0) is 10.5 Å². The number of amides is 2. The van der Waals surface area contributed by atoms with Gasteiger partial charge < -0.3 is 14.6 Å². The molecule has 0 bridgehead atoms. The number of hydrogen-bond donors (Lipinski definition) is 1. The van der Waals surface area contributed by atoms with E-state index in [2.05, 4.69) is 16.8 Å². The maximum Gasteiger partial charge on any atom is 0.287 e. The van der Waals surface area contributed by atoms with Gasteiger partial charge >= 0.3 is 0 Å². The number of carbonyl (C=O) groups excluding carboxylic acids is 2. The number of thioether (sulfide) groups is 1. The zero-order valence-corrected chi connectivity index (χ0v) is 18.3. The molecule has 3 heterocycles. The molecule has 1 N–H and O–H groups in total. The predicted octanol–water partition coefficient (Wildman–Crippen LogP) is 4.92. The second-order valence-electron chi connectivity index (χ2n) is 7.97. The molecule has 2 fully saturated rings. The first kappa shape index (κ1) is 19.7. The summed E-state index contributed by atoms with van der Waals surface area (Å²) in [5.41, 5.74) is 1.69. The summed E-state index contributed by atoms with van der Waals surface area (Å²) in [6, 6.07) is 12.0. The van der Waals surface area contributed by atoms with E-state index in [0.717, 1.165) is 55.3 Å². The molecule has 1 aliphatic carbocycles. The van der Waals surface area contributed by atoms with Gasteiger partial charge in [0.05, 0.1) is 4.21 Å². The average molecular weight is 441 g/mol. The fourth-order valence-corrected chi connectivity index (χ4v) is 5.81. The number of benzene rings is 1. The van der Waals surface area contributed by atoms with Crippen LogP contribution in [0.4, 0.5) is 0 Å². The van der Waals surface area contributed by atoms with E-state index in [0.29, 0.717) is 17.4 Å². The molecule has 7 heteroatoms. The molecule has 2 aliphatic rings. The van der Waals surface area contributed by atoms with E-state index in [4.69, 9.17) is 4.42 Å². The van der Waals surface area contributed by atoms with Crippen LogP contribution in [0.1, 0.15) is 41.8 Å². The van der Waals surface area contributed by atoms with E-state index >= 15 is 0 Å². The smallest absolute Gasteiger partial charge is 0.287 e. The lowest BCUT2D eigenvalue weighted by atomic mass is 10.0. The van der Waals surface area contributed by atoms with Crippen LogP contribution in [0.2, 0.25) is 0 Å². The quantitative estimate of drug-likeness (QED) is 0.553. The molecular formula is C23H24N2O3S2. The Morgan fingerprint density at radius 3 is 2.63 bits per heavy atom. The van der Waals surface area contributed by atoms with Crippen LogP contribution >= 0.6 is 23.1 Å². The Bertz CT molecular complexity index is 1050. The van der Waals surface area contributed by atoms with Crippen molar-refractivity contribution >= 4 is 45.9 Å². The molecule has 30 heavy (non-hydrogen) atoms. The maximum atomic E-state index is 13.1. The van der Waals surface area contributed by atoms with Gasteiger partial charge in [0, 0.05) is 41.8 Å². The number of carbonyl (C=O) groups is 2. The van der Waals surface area contributed by atoms with Crippen LogP contribution in [-0.4, -0.2) is 35.8 Å². The van der Waals surface area contributed by atoms with Crippen molar-refractivity contribution in [1.82, 2.24) is 10.2 Å². The van der Waals surface area contributed by atoms with Crippen molar-refractivity contribution < 1.29 is 14.0 Å². The summed E-state index contributed by atoms with van der Waals surface area (Å²) >= 11 is 3.43. The van der Waals surface area contributed by atoms with E-state index in [1.165, 1.54) is 4.21 Å². The number of rotatable bonds is 6. The molecule has 0 spiro atoms. The monoisotopic (exact) mass is 440 g/mol. The molecule has 2 aromatic heterocycles. The lowest BCUT2D eigenvalue weighted by Crippen LogP contribution is -2.47. The van der Waals surface area contributed by atoms with E-state index in [-0.39, 0.29) is 17.9 Å². The highest BCUT2D eigenvalue weighted by Crippen LogP contribution is 2.34. The van der Waals surface area contributed by atoms with Crippen LogP contribution in [0.5, 0.6) is 0 Å². The standard InChI is InChI=1S/C23H24N2O3S2/c26-22(24-16-9-11-25(12-10-16)23(27)15-7-8-15)21-18(14-30-20-6-3-13-29-20)17-4-1-2-5-19(17)28-21/h1-6,13,15-16H,7-12,14H2,(H,24,26). The molecule has 3 aromatic rings. The summed E-state index contributed by atoms with van der Waals surface area (Å²) in [6.07, 6.45) is 3.66. The molecule has 0 radical (unpaired) electrons. The number of hydrogen-bond acceptors (Lipinski definition) is 5. The second kappa shape index (κ2) is 8.47. The van der Waals surface area contributed by atoms with Gasteiger partial charge in [-0.25, -0.2) is 0 Å². The summed E-state index contributed by atoms with van der Waals surface area (Å²) < 4.78 is 7.21. The van der Waals surface area contributed by atoms with Gasteiger partial charge in [-0.2, -0.15) is 0 Å². The van der Waals surface area contributed by atoms with E-state index in [1.807, 2.05) is 35.2 Å². The number of nitrogens with zero attached hydrogens (tertiary/aromatic N) is 1. The molecule has 1 saturated carbocycles. The molecule has 5 nitrogen and oxygen atoms in total. The van der Waals surface area contributed by atoms with Crippen LogP contribution in [0.25, 0.3) is 11.0 Å². The lowest BCUT2D eigenvalue weighted by molar-refractivity contribution is -0.133. The van der Waals surface area contributed by atoms with E-state index in [9.17, 15) is 9.59 Å². The fourth-order valence-electron chi connectivity index (χ4n) is 4.00. The van der Waals surface area contributed by atoms with Crippen molar-refractivity contribution in [3.05, 3.63) is 53.1 Å². The number of nitrogens with one attached hydrogen (secondary N) is 1. The summed E-state index contributed by atoms with van der Waals surface area (Å²) in [5, 5.41) is 6.21. The van der Waals surface area contributed by atoms with E-state index in [1.54, 1.807) is 23.1 Å². The number of likely N-dealkylation sites (tertiary alicyclic amines) is 1. The normalized spacial score (nSPS) is 17.4. The third-order valence-electron chi connectivity index (χ3n) is 5.83. The van der Waals surface area contributed by atoms with Gasteiger partial charge in [0.15, 0.2) is 5.76 Å². The average Bonchev–Trinajstić information content (AvgIpc) is 3.36. The van der Waals surface area contributed by atoms with Crippen LogP contribution in [0.15, 0.2) is 50.4 Å². The number of para-hydroxylation sites is 1. The maximum absolute atomic E-state index is 13.1. The van der Waals surface area contributed by atoms with Gasteiger partial charge in [0.1, 0.15) is 5.58 Å². The van der Waals surface area contributed by atoms with Crippen LogP contribution in [0.3, 0.4) is 0 Å². The predicted molar refractivity (Wildman–Crippen MR) is 120 cm³/mol. The zero-order chi connectivity index (χ0) is 20.5. The topological polar surface area (TPSA) is 62.6 Å². The van der Waals surface area contributed by atoms with Crippen molar-refractivity contribution in [2.24, 2.45) is 5.92 Å². The minimum Gasteiger partial charge on any atom is -0.451 e. The molecule has 0 unspecified atom stereocenters. The molecule has 5 rings (SSSR count). The Morgan fingerprint density at radius 2 is 1.90 bits per heavy atom. The first-order chi connectivity index (χ1) is 14.7. The van der Waals surface area contributed by atoms with Gasteiger partial charge in [-0.05, 0) is 43.2 Å². The number of thiophene rings is 1. The molecule has 1 saturated heterocycles. The minimum absolute atomic E-state index is 0.0757. The van der Waals surface area contributed by atoms with Crippen molar-refractivity contribution in [2.75, 3.05) is 13.1 Å². The van der Waals surface area contributed by atoms with Gasteiger partial charge in [0.25, 0.3) is 5.91 Å². The highest BCUT2D eigenvalue weighted by atomic mass is 32.2. The minimum atomic E-state index is -0.153. The van der Waals surface area contributed by atoms with Crippen molar-refractivity contribution in [1.29, 1.82) is 0 Å². The highest BCUT2D eigenvalue weighted by Gasteiger charge is 2.35. The van der Waals surface area contributed by atoms with Gasteiger partial charge in [0.2, 0.25) is 5.91 Å². The van der Waals surface area contributed by atoms with Crippen LogP contribution < -0.4 is 5.32 Å². The third kappa shape index (κ3) is 4.14. The number of fused-ring (bicyclic) bond motifs is 1. The van der Waals surface area contributed by atoms with Crippen LogP contribution in [0, 0.1) is 5.92 Å². The number of piperidine rings is 1. The largest absolute Gasteiger partial charge is 0.451 e. The highest BCUT2D eigenvalue weighted by molar-refractivity contribution is 8.00. The van der Waals surface area contributed by atoms with Gasteiger partial charge in [-0.3, -0.25) is 9.59 Å². The fraction of sp³-hybridized carbons (Fsp3) is 0.391. The summed E-state index contributed by atoms with van der Waals surface area (Å²) in [6.45, 7) is 1.45. The Kier molecular flexibility index (Phi) is 5.56. The number of furan rings is 1. The summed E-state index contributed by atoms with van der Waals surface area (Å²) in [4.78, 5) is 27.3. The molecular weight excluding hydrogens is 416 g/mol. The van der Waals surface area contributed by atoms with Crippen molar-refractivity contribution in [2.45, 2.75) is 41.7 Å².